The molecule has 3 aromatic rings. The summed E-state index contributed by atoms with van der Waals surface area (Å²) in [5.74, 6) is 1.37. The van der Waals surface area contributed by atoms with E-state index in [1.165, 1.54) is 0 Å². The number of ether oxygens (including phenoxy) is 1. The van der Waals surface area contributed by atoms with Crippen LogP contribution in [0.4, 0.5) is 5.69 Å². The summed E-state index contributed by atoms with van der Waals surface area (Å²) in [7, 11) is 0. The van der Waals surface area contributed by atoms with Gasteiger partial charge in [0, 0.05) is 6.20 Å². The maximum atomic E-state index is 13.3. The molecule has 26 heavy (non-hydrogen) atoms. The number of fused-ring (bicyclic) bond motifs is 1. The molecule has 6 heteroatoms. The zero-order chi connectivity index (χ0) is 18.1. The van der Waals surface area contributed by atoms with Crippen LogP contribution in [0.5, 0.6) is 5.75 Å². The Bertz CT molecular complexity index is 936. The fourth-order valence-electron chi connectivity index (χ4n) is 3.18. The number of rotatable bonds is 3. The number of carbonyl (C=O) groups excluding carboxylic acids is 1. The molecular formula is C20H20N4O2. The molecule has 1 aliphatic heterocycles. The molecule has 0 saturated carbocycles. The molecule has 1 amide bonds. The molecule has 1 aromatic carbocycles. The summed E-state index contributed by atoms with van der Waals surface area (Å²) in [6.07, 6.45) is 4.15. The molecule has 0 saturated heterocycles. The van der Waals surface area contributed by atoms with E-state index >= 15 is 0 Å². The number of anilines is 1. The van der Waals surface area contributed by atoms with Gasteiger partial charge >= 0.3 is 0 Å². The van der Waals surface area contributed by atoms with Crippen molar-refractivity contribution in [3.05, 3.63) is 66.1 Å². The minimum absolute atomic E-state index is 0.0139. The molecule has 1 atom stereocenters. The molecule has 0 aliphatic carbocycles. The Kier molecular flexibility index (Phi) is 4.16. The summed E-state index contributed by atoms with van der Waals surface area (Å²) in [5.41, 5.74) is 2.14. The van der Waals surface area contributed by atoms with Gasteiger partial charge in [-0.2, -0.15) is 5.10 Å². The van der Waals surface area contributed by atoms with Gasteiger partial charge in [-0.05, 0) is 37.6 Å². The van der Waals surface area contributed by atoms with E-state index in [2.05, 4.69) is 17.0 Å². The van der Waals surface area contributed by atoms with Gasteiger partial charge in [-0.3, -0.25) is 4.79 Å². The van der Waals surface area contributed by atoms with Gasteiger partial charge in [0.25, 0.3) is 5.91 Å². The second-order valence-corrected chi connectivity index (χ2v) is 6.27. The van der Waals surface area contributed by atoms with Gasteiger partial charge < -0.3 is 9.64 Å². The zero-order valence-corrected chi connectivity index (χ0v) is 14.8. The summed E-state index contributed by atoms with van der Waals surface area (Å²) in [4.78, 5) is 19.4. The van der Waals surface area contributed by atoms with Crippen molar-refractivity contribution < 1.29 is 9.53 Å². The Balaban J connectivity index is 1.71. The number of nitrogens with zero attached hydrogens (tertiary/aromatic N) is 4. The number of aromatic nitrogens is 3. The van der Waals surface area contributed by atoms with Gasteiger partial charge in [-0.1, -0.05) is 25.1 Å². The van der Waals surface area contributed by atoms with Crippen molar-refractivity contribution in [3.63, 3.8) is 0 Å². The van der Waals surface area contributed by atoms with Crippen LogP contribution >= 0.6 is 0 Å². The van der Waals surface area contributed by atoms with Crippen LogP contribution in [0.3, 0.4) is 0 Å². The third-order valence-corrected chi connectivity index (χ3v) is 4.64. The Morgan fingerprint density at radius 3 is 2.81 bits per heavy atom. The van der Waals surface area contributed by atoms with Crippen molar-refractivity contribution in [2.75, 3.05) is 11.4 Å². The minimum atomic E-state index is -0.0705. The Hall–Kier alpha value is -3.15. The first kappa shape index (κ1) is 16.3. The zero-order valence-electron chi connectivity index (χ0n) is 14.8. The molecule has 132 valence electrons. The molecule has 0 spiro atoms. The van der Waals surface area contributed by atoms with Crippen LogP contribution in [0, 0.1) is 6.92 Å². The molecule has 0 N–H and O–H groups in total. The van der Waals surface area contributed by atoms with Gasteiger partial charge in [-0.25, -0.2) is 9.67 Å². The average molecular weight is 348 g/mol. The molecule has 0 radical (unpaired) electrons. The second kappa shape index (κ2) is 6.63. The third-order valence-electron chi connectivity index (χ3n) is 4.64. The first-order chi connectivity index (χ1) is 12.7. The predicted octanol–water partition coefficient (Wildman–Crippen LogP) is 3.39. The maximum absolute atomic E-state index is 13.3. The molecule has 4 rings (SSSR count). The first-order valence-corrected chi connectivity index (χ1v) is 8.72. The van der Waals surface area contributed by atoms with Crippen LogP contribution in [0.1, 0.15) is 29.4 Å². The molecule has 0 bridgehead atoms. The number of hydrogen-bond donors (Lipinski definition) is 0. The van der Waals surface area contributed by atoms with Crippen LogP contribution in [-0.4, -0.2) is 33.3 Å². The fourth-order valence-corrected chi connectivity index (χ4v) is 3.18. The Morgan fingerprint density at radius 2 is 2.04 bits per heavy atom. The Labute approximate surface area is 152 Å². The fraction of sp³-hybridized carbons (Fsp3) is 0.250. The van der Waals surface area contributed by atoms with Crippen molar-refractivity contribution in [2.24, 2.45) is 0 Å². The average Bonchev–Trinajstić information content (AvgIpc) is 3.08. The summed E-state index contributed by atoms with van der Waals surface area (Å²) in [6.45, 7) is 4.48. The summed E-state index contributed by atoms with van der Waals surface area (Å²) >= 11 is 0. The smallest absolute Gasteiger partial charge is 0.261 e. The topological polar surface area (TPSA) is 60.2 Å². The van der Waals surface area contributed by atoms with Crippen LogP contribution < -0.4 is 9.64 Å². The van der Waals surface area contributed by atoms with E-state index in [0.29, 0.717) is 17.9 Å². The molecule has 2 aromatic heterocycles. The van der Waals surface area contributed by atoms with Crippen LogP contribution in [0.25, 0.3) is 5.82 Å². The van der Waals surface area contributed by atoms with Gasteiger partial charge in [0.1, 0.15) is 11.9 Å². The van der Waals surface area contributed by atoms with Crippen molar-refractivity contribution in [3.8, 4) is 11.6 Å². The van der Waals surface area contributed by atoms with Crippen molar-refractivity contribution in [2.45, 2.75) is 26.4 Å². The maximum Gasteiger partial charge on any atom is 0.261 e. The lowest BCUT2D eigenvalue weighted by molar-refractivity contribution is 0.0954. The predicted molar refractivity (Wildman–Crippen MR) is 98.9 cm³/mol. The molecule has 6 nitrogen and oxygen atoms in total. The Morgan fingerprint density at radius 1 is 1.23 bits per heavy atom. The number of benzene rings is 1. The number of amides is 1. The normalized spacial score (nSPS) is 16.1. The number of carbonyl (C=O) groups is 1. The highest BCUT2D eigenvalue weighted by Gasteiger charge is 2.31. The molecular weight excluding hydrogens is 328 g/mol. The molecule has 0 fully saturated rings. The number of hydrogen-bond acceptors (Lipinski definition) is 4. The van der Waals surface area contributed by atoms with E-state index in [1.54, 1.807) is 22.0 Å². The van der Waals surface area contributed by atoms with Crippen molar-refractivity contribution >= 4 is 11.6 Å². The van der Waals surface area contributed by atoms with E-state index in [0.717, 1.165) is 23.6 Å². The van der Waals surface area contributed by atoms with Gasteiger partial charge in [0.2, 0.25) is 0 Å². The van der Waals surface area contributed by atoms with Crippen LogP contribution in [0.2, 0.25) is 0 Å². The van der Waals surface area contributed by atoms with Crippen molar-refractivity contribution in [1.29, 1.82) is 0 Å². The van der Waals surface area contributed by atoms with E-state index < -0.39 is 0 Å². The van der Waals surface area contributed by atoms with Crippen molar-refractivity contribution in [1.82, 2.24) is 14.8 Å². The number of pyridine rings is 1. The molecule has 1 unspecified atom stereocenters. The van der Waals surface area contributed by atoms with E-state index in [4.69, 9.17) is 4.74 Å². The van der Waals surface area contributed by atoms with Gasteiger partial charge in [0.05, 0.1) is 29.7 Å². The van der Waals surface area contributed by atoms with Crippen LogP contribution in [0.15, 0.2) is 54.9 Å². The van der Waals surface area contributed by atoms with E-state index in [1.807, 2.05) is 49.4 Å². The quantitative estimate of drug-likeness (QED) is 0.728. The second-order valence-electron chi connectivity index (χ2n) is 6.27. The number of para-hydroxylation sites is 2. The van der Waals surface area contributed by atoms with E-state index in [-0.39, 0.29) is 12.0 Å². The summed E-state index contributed by atoms with van der Waals surface area (Å²) in [5, 5.41) is 4.37. The third kappa shape index (κ3) is 2.73. The SMILES string of the molecule is CCC1CN(C(=O)c2cnn(-c3ccccn3)c2C)c2ccccc2O1. The highest BCUT2D eigenvalue weighted by molar-refractivity contribution is 6.07. The monoisotopic (exact) mass is 348 g/mol. The van der Waals surface area contributed by atoms with E-state index in [9.17, 15) is 4.79 Å². The van der Waals surface area contributed by atoms with Crippen LogP contribution in [-0.2, 0) is 0 Å². The highest BCUT2D eigenvalue weighted by atomic mass is 16.5. The summed E-state index contributed by atoms with van der Waals surface area (Å²) < 4.78 is 7.67. The van der Waals surface area contributed by atoms with Gasteiger partial charge in [0.15, 0.2) is 5.82 Å². The lowest BCUT2D eigenvalue weighted by atomic mass is 10.1. The highest BCUT2D eigenvalue weighted by Crippen LogP contribution is 2.35. The molecule has 1 aliphatic rings. The lowest BCUT2D eigenvalue weighted by Gasteiger charge is -2.34. The molecule has 3 heterocycles. The first-order valence-electron chi connectivity index (χ1n) is 8.72. The summed E-state index contributed by atoms with van der Waals surface area (Å²) in [6, 6.07) is 13.3. The minimum Gasteiger partial charge on any atom is -0.486 e. The van der Waals surface area contributed by atoms with Gasteiger partial charge in [-0.15, -0.1) is 0 Å². The largest absolute Gasteiger partial charge is 0.486 e. The lowest BCUT2D eigenvalue weighted by Crippen LogP contribution is -2.43. The standard InChI is InChI=1S/C20H20N4O2/c1-3-15-13-23(17-8-4-5-9-18(17)26-15)20(25)16-12-22-24(14(16)2)19-10-6-7-11-21-19/h4-12,15H,3,13H2,1-2H3.